The van der Waals surface area contributed by atoms with Gasteiger partial charge in [-0.05, 0) is 24.6 Å². The largest absolute Gasteiger partial charge is 0.417 e. The summed E-state index contributed by atoms with van der Waals surface area (Å²) < 4.78 is 39.8. The minimum Gasteiger partial charge on any atom is -0.329 e. The van der Waals surface area contributed by atoms with Crippen molar-refractivity contribution in [2.45, 2.75) is 19.1 Å². The second-order valence-electron chi connectivity index (χ2n) is 5.08. The molecule has 21 heavy (non-hydrogen) atoms. The van der Waals surface area contributed by atoms with Crippen molar-refractivity contribution < 1.29 is 18.0 Å². The molecule has 1 atom stereocenters. The van der Waals surface area contributed by atoms with Crippen LogP contribution in [0.25, 0.3) is 0 Å². The van der Waals surface area contributed by atoms with Gasteiger partial charge in [0.2, 0.25) is 0 Å². The minimum absolute atomic E-state index is 0.210. The maximum Gasteiger partial charge on any atom is 0.417 e. The molecule has 0 spiro atoms. The third-order valence-corrected chi connectivity index (χ3v) is 3.82. The van der Waals surface area contributed by atoms with E-state index in [1.54, 1.807) is 13.0 Å². The first-order valence-corrected chi connectivity index (χ1v) is 6.63. The molecule has 2 aliphatic rings. The Morgan fingerprint density at radius 1 is 1.38 bits per heavy atom. The Morgan fingerprint density at radius 2 is 2.14 bits per heavy atom. The van der Waals surface area contributed by atoms with Crippen molar-refractivity contribution >= 4 is 5.91 Å². The maximum absolute atomic E-state index is 13.3. The zero-order chi connectivity index (χ0) is 15.2. The van der Waals surface area contributed by atoms with E-state index in [-0.39, 0.29) is 11.6 Å². The topological polar surface area (TPSA) is 32.3 Å². The van der Waals surface area contributed by atoms with Crippen molar-refractivity contribution in [3.63, 3.8) is 0 Å². The summed E-state index contributed by atoms with van der Waals surface area (Å²) in [7, 11) is 0. The number of hydrogen-bond acceptors (Lipinski definition) is 2. The number of benzene rings is 1. The van der Waals surface area contributed by atoms with Crippen LogP contribution >= 0.6 is 0 Å². The summed E-state index contributed by atoms with van der Waals surface area (Å²) in [5, 5.41) is 3.12. The third kappa shape index (κ3) is 2.18. The van der Waals surface area contributed by atoms with E-state index < -0.39 is 17.6 Å². The van der Waals surface area contributed by atoms with Crippen LogP contribution in [0.15, 0.2) is 12.1 Å². The number of nitrogens with zero attached hydrogens (tertiary/aromatic N) is 1. The van der Waals surface area contributed by atoms with Crippen LogP contribution in [0.2, 0.25) is 0 Å². The second-order valence-corrected chi connectivity index (χ2v) is 5.08. The Hall–Kier alpha value is -2.00. The van der Waals surface area contributed by atoms with Crippen LogP contribution in [0, 0.1) is 11.8 Å². The number of nitrogens with one attached hydrogen (secondary N) is 1. The van der Waals surface area contributed by atoms with Gasteiger partial charge in [0.1, 0.15) is 0 Å². The summed E-state index contributed by atoms with van der Waals surface area (Å²) in [4.78, 5) is 13.8. The number of hydrogen-bond donors (Lipinski definition) is 1. The van der Waals surface area contributed by atoms with Gasteiger partial charge in [0.05, 0.1) is 17.2 Å². The van der Waals surface area contributed by atoms with Crippen molar-refractivity contribution in [1.29, 1.82) is 0 Å². The van der Waals surface area contributed by atoms with E-state index in [0.717, 1.165) is 6.07 Å². The number of rotatable bonds is 0. The normalized spacial score (nSPS) is 20.7. The zero-order valence-electron chi connectivity index (χ0n) is 11.3. The van der Waals surface area contributed by atoms with Gasteiger partial charge in [-0.15, -0.1) is 5.92 Å². The van der Waals surface area contributed by atoms with E-state index in [1.165, 1.54) is 4.90 Å². The Morgan fingerprint density at radius 3 is 2.81 bits per heavy atom. The Labute approximate surface area is 120 Å². The second kappa shape index (κ2) is 4.78. The molecule has 0 aromatic heterocycles. The van der Waals surface area contributed by atoms with Crippen molar-refractivity contribution in [1.82, 2.24) is 10.2 Å². The standard InChI is InChI=1S/C15H13F3N2O/c1-2-3-9-6-10-12-8-19-4-5-20(12)14(21)13(10)11(7-9)15(16,17)18/h6-7,12,19H,4-5,8H2,1H3. The fourth-order valence-corrected chi connectivity index (χ4v) is 2.97. The molecular formula is C15H13F3N2O. The Bertz CT molecular complexity index is 670. The molecule has 6 heteroatoms. The highest BCUT2D eigenvalue weighted by Gasteiger charge is 2.45. The molecule has 1 fully saturated rings. The molecule has 1 unspecified atom stereocenters. The molecule has 1 amide bonds. The summed E-state index contributed by atoms with van der Waals surface area (Å²) in [6, 6.07) is 2.25. The van der Waals surface area contributed by atoms with Gasteiger partial charge < -0.3 is 10.2 Å². The highest BCUT2D eigenvalue weighted by atomic mass is 19.4. The highest BCUT2D eigenvalue weighted by Crippen LogP contribution is 2.42. The van der Waals surface area contributed by atoms with Gasteiger partial charge in [0.15, 0.2) is 0 Å². The number of carbonyl (C=O) groups excluding carboxylic acids is 1. The number of amides is 1. The van der Waals surface area contributed by atoms with Gasteiger partial charge in [0.25, 0.3) is 5.91 Å². The zero-order valence-corrected chi connectivity index (χ0v) is 11.3. The molecule has 1 aromatic rings. The number of alkyl halides is 3. The number of halogens is 3. The molecule has 1 saturated heterocycles. The summed E-state index contributed by atoms with van der Waals surface area (Å²) in [5.74, 6) is 4.74. The lowest BCUT2D eigenvalue weighted by Gasteiger charge is -2.30. The first kappa shape index (κ1) is 14.0. The van der Waals surface area contributed by atoms with E-state index >= 15 is 0 Å². The third-order valence-electron chi connectivity index (χ3n) is 3.82. The fourth-order valence-electron chi connectivity index (χ4n) is 2.97. The molecule has 1 N–H and O–H groups in total. The molecule has 0 bridgehead atoms. The average molecular weight is 294 g/mol. The smallest absolute Gasteiger partial charge is 0.329 e. The average Bonchev–Trinajstić information content (AvgIpc) is 2.72. The lowest BCUT2D eigenvalue weighted by atomic mass is 9.95. The van der Waals surface area contributed by atoms with E-state index in [2.05, 4.69) is 17.2 Å². The van der Waals surface area contributed by atoms with Crippen LogP contribution in [-0.4, -0.2) is 30.4 Å². The summed E-state index contributed by atoms with van der Waals surface area (Å²) >= 11 is 0. The molecular weight excluding hydrogens is 281 g/mol. The van der Waals surface area contributed by atoms with Crippen LogP contribution in [0.4, 0.5) is 13.2 Å². The lowest BCUT2D eigenvalue weighted by Crippen LogP contribution is -2.44. The maximum atomic E-state index is 13.3. The highest BCUT2D eigenvalue weighted by molar-refractivity contribution is 6.01. The molecule has 0 aliphatic carbocycles. The van der Waals surface area contributed by atoms with Gasteiger partial charge in [-0.25, -0.2) is 0 Å². The van der Waals surface area contributed by atoms with Crippen LogP contribution in [0.5, 0.6) is 0 Å². The predicted molar refractivity (Wildman–Crippen MR) is 70.6 cm³/mol. The van der Waals surface area contributed by atoms with Gasteiger partial charge in [-0.1, -0.05) is 5.92 Å². The Balaban J connectivity index is 2.24. The van der Waals surface area contributed by atoms with Crippen LogP contribution in [-0.2, 0) is 6.18 Å². The Kier molecular flexibility index (Phi) is 3.18. The summed E-state index contributed by atoms with van der Waals surface area (Å²) in [6.45, 7) is 3.06. The SMILES string of the molecule is CC#Cc1cc2c(c(C(F)(F)F)c1)C(=O)N1CCNCC21. The summed E-state index contributed by atoms with van der Waals surface area (Å²) in [5.41, 5.74) is -0.362. The van der Waals surface area contributed by atoms with E-state index in [9.17, 15) is 18.0 Å². The number of fused-ring (bicyclic) bond motifs is 3. The van der Waals surface area contributed by atoms with Crippen LogP contribution < -0.4 is 5.32 Å². The quantitative estimate of drug-likeness (QED) is 0.744. The molecule has 3 rings (SSSR count). The van der Waals surface area contributed by atoms with Gasteiger partial charge >= 0.3 is 6.18 Å². The monoisotopic (exact) mass is 294 g/mol. The van der Waals surface area contributed by atoms with Gasteiger partial charge in [0, 0.05) is 25.2 Å². The van der Waals surface area contributed by atoms with E-state index in [4.69, 9.17) is 0 Å². The molecule has 1 aromatic carbocycles. The molecule has 2 heterocycles. The minimum atomic E-state index is -4.56. The molecule has 110 valence electrons. The van der Waals surface area contributed by atoms with Crippen molar-refractivity contribution in [2.75, 3.05) is 19.6 Å². The predicted octanol–water partition coefficient (Wildman–Crippen LogP) is 2.18. The van der Waals surface area contributed by atoms with Crippen molar-refractivity contribution in [2.24, 2.45) is 0 Å². The van der Waals surface area contributed by atoms with E-state index in [1.807, 2.05) is 0 Å². The van der Waals surface area contributed by atoms with Gasteiger partial charge in [-0.3, -0.25) is 4.79 Å². The molecule has 0 saturated carbocycles. The van der Waals surface area contributed by atoms with Crippen molar-refractivity contribution in [3.05, 3.63) is 34.4 Å². The molecule has 3 nitrogen and oxygen atoms in total. The number of piperazine rings is 1. The number of carbonyl (C=O) groups is 1. The lowest BCUT2D eigenvalue weighted by molar-refractivity contribution is -0.138. The van der Waals surface area contributed by atoms with Gasteiger partial charge in [-0.2, -0.15) is 13.2 Å². The van der Waals surface area contributed by atoms with Crippen molar-refractivity contribution in [3.8, 4) is 11.8 Å². The molecule has 2 aliphatic heterocycles. The van der Waals surface area contributed by atoms with Crippen LogP contribution in [0.1, 0.15) is 40.0 Å². The molecule has 0 radical (unpaired) electrons. The summed E-state index contributed by atoms with van der Waals surface area (Å²) in [6.07, 6.45) is -4.56. The van der Waals surface area contributed by atoms with Crippen LogP contribution in [0.3, 0.4) is 0 Å². The van der Waals surface area contributed by atoms with E-state index in [0.29, 0.717) is 30.8 Å². The first-order chi connectivity index (χ1) is 9.93. The first-order valence-electron chi connectivity index (χ1n) is 6.63. The fraction of sp³-hybridized carbons (Fsp3) is 0.400.